The quantitative estimate of drug-likeness (QED) is 0.661. The van der Waals surface area contributed by atoms with Gasteiger partial charge in [0.2, 0.25) is 0 Å². The molecule has 0 aliphatic heterocycles. The van der Waals surface area contributed by atoms with E-state index in [-0.39, 0.29) is 5.43 Å². The largest absolute Gasteiger partial charge is 0.388 e. The standard InChI is InChI=1S/C14H11NOS/c1-15-9-6-7-13-11(8-9)14(16)10-4-2-3-5-12(10)17-13/h2-8,15H,1H3. The number of anilines is 1. The minimum Gasteiger partial charge on any atom is -0.388 e. The van der Waals surface area contributed by atoms with E-state index >= 15 is 0 Å². The van der Waals surface area contributed by atoms with Gasteiger partial charge < -0.3 is 5.32 Å². The van der Waals surface area contributed by atoms with Crippen molar-refractivity contribution in [2.75, 3.05) is 12.4 Å². The van der Waals surface area contributed by atoms with E-state index < -0.39 is 0 Å². The van der Waals surface area contributed by atoms with Gasteiger partial charge in [-0.05, 0) is 30.3 Å². The minimum atomic E-state index is 0.117. The maximum absolute atomic E-state index is 12.3. The van der Waals surface area contributed by atoms with Crippen molar-refractivity contribution in [2.24, 2.45) is 0 Å². The third kappa shape index (κ3) is 1.59. The van der Waals surface area contributed by atoms with Gasteiger partial charge >= 0.3 is 0 Å². The summed E-state index contributed by atoms with van der Waals surface area (Å²) in [5, 5.41) is 4.66. The van der Waals surface area contributed by atoms with Gasteiger partial charge in [-0.15, -0.1) is 11.3 Å². The first-order valence-electron chi connectivity index (χ1n) is 5.43. The molecular weight excluding hydrogens is 230 g/mol. The Morgan fingerprint density at radius 3 is 2.59 bits per heavy atom. The molecule has 17 heavy (non-hydrogen) atoms. The molecule has 3 aromatic rings. The Morgan fingerprint density at radius 1 is 1.00 bits per heavy atom. The fourth-order valence-electron chi connectivity index (χ4n) is 1.96. The molecule has 0 fully saturated rings. The van der Waals surface area contributed by atoms with Crippen LogP contribution in [0.1, 0.15) is 0 Å². The molecule has 0 amide bonds. The summed E-state index contributed by atoms with van der Waals surface area (Å²) in [5.41, 5.74) is 1.09. The molecule has 0 aliphatic carbocycles. The Hall–Kier alpha value is -1.87. The molecule has 1 heterocycles. The lowest BCUT2D eigenvalue weighted by Gasteiger charge is -2.03. The van der Waals surface area contributed by atoms with Crippen LogP contribution >= 0.6 is 11.3 Å². The number of hydrogen-bond acceptors (Lipinski definition) is 3. The Kier molecular flexibility index (Phi) is 2.34. The van der Waals surface area contributed by atoms with Crippen molar-refractivity contribution >= 4 is 37.2 Å². The molecule has 0 bridgehead atoms. The van der Waals surface area contributed by atoms with E-state index in [1.54, 1.807) is 11.3 Å². The minimum absolute atomic E-state index is 0.117. The maximum Gasteiger partial charge on any atom is 0.195 e. The van der Waals surface area contributed by atoms with Crippen LogP contribution < -0.4 is 10.7 Å². The molecule has 1 aromatic heterocycles. The number of hydrogen-bond donors (Lipinski definition) is 1. The summed E-state index contributed by atoms with van der Waals surface area (Å²) in [4.78, 5) is 12.3. The topological polar surface area (TPSA) is 29.1 Å². The molecule has 3 heteroatoms. The first kappa shape index (κ1) is 10.3. The molecule has 0 atom stereocenters. The van der Waals surface area contributed by atoms with Gasteiger partial charge in [-0.3, -0.25) is 4.79 Å². The first-order chi connectivity index (χ1) is 8.29. The maximum atomic E-state index is 12.3. The molecule has 0 radical (unpaired) electrons. The smallest absolute Gasteiger partial charge is 0.195 e. The van der Waals surface area contributed by atoms with Gasteiger partial charge in [0, 0.05) is 32.9 Å². The summed E-state index contributed by atoms with van der Waals surface area (Å²) in [6, 6.07) is 13.7. The number of nitrogens with one attached hydrogen (secondary N) is 1. The van der Waals surface area contributed by atoms with E-state index in [0.29, 0.717) is 0 Å². The van der Waals surface area contributed by atoms with Gasteiger partial charge in [-0.25, -0.2) is 0 Å². The Bertz CT molecular complexity index is 761. The normalized spacial score (nSPS) is 10.9. The molecule has 0 saturated carbocycles. The van der Waals surface area contributed by atoms with Crippen molar-refractivity contribution < 1.29 is 0 Å². The summed E-state index contributed by atoms with van der Waals surface area (Å²) in [5.74, 6) is 0. The predicted molar refractivity (Wildman–Crippen MR) is 75.1 cm³/mol. The molecule has 3 rings (SSSR count). The lowest BCUT2D eigenvalue weighted by atomic mass is 10.1. The highest BCUT2D eigenvalue weighted by Crippen LogP contribution is 2.26. The fraction of sp³-hybridized carbons (Fsp3) is 0.0714. The SMILES string of the molecule is CNc1ccc2sc3ccccc3c(=O)c2c1. The lowest BCUT2D eigenvalue weighted by Crippen LogP contribution is -2.01. The van der Waals surface area contributed by atoms with Crippen molar-refractivity contribution in [3.63, 3.8) is 0 Å². The predicted octanol–water partition coefficient (Wildman–Crippen LogP) is 3.46. The van der Waals surface area contributed by atoms with Gasteiger partial charge in [-0.1, -0.05) is 12.1 Å². The van der Waals surface area contributed by atoms with E-state index in [1.165, 1.54) is 0 Å². The molecule has 2 nitrogen and oxygen atoms in total. The third-order valence-electron chi connectivity index (χ3n) is 2.86. The molecule has 84 valence electrons. The molecular formula is C14H11NOS. The summed E-state index contributed by atoms with van der Waals surface area (Å²) in [6.07, 6.45) is 0. The van der Waals surface area contributed by atoms with Crippen LogP contribution in [0.3, 0.4) is 0 Å². The lowest BCUT2D eigenvalue weighted by molar-refractivity contribution is 1.53. The average Bonchev–Trinajstić information content (AvgIpc) is 2.39. The highest BCUT2D eigenvalue weighted by atomic mass is 32.1. The number of benzene rings is 2. The van der Waals surface area contributed by atoms with E-state index in [0.717, 1.165) is 25.9 Å². The van der Waals surface area contributed by atoms with Crippen LogP contribution in [0.15, 0.2) is 47.3 Å². The van der Waals surface area contributed by atoms with E-state index in [2.05, 4.69) is 5.32 Å². The van der Waals surface area contributed by atoms with Crippen LogP contribution in [-0.2, 0) is 0 Å². The zero-order valence-corrected chi connectivity index (χ0v) is 10.2. The highest BCUT2D eigenvalue weighted by molar-refractivity contribution is 7.24. The first-order valence-corrected chi connectivity index (χ1v) is 6.24. The summed E-state index contributed by atoms with van der Waals surface area (Å²) < 4.78 is 2.08. The Labute approximate surface area is 103 Å². The highest BCUT2D eigenvalue weighted by Gasteiger charge is 2.05. The van der Waals surface area contributed by atoms with Crippen molar-refractivity contribution in [3.8, 4) is 0 Å². The number of rotatable bonds is 1. The fourth-order valence-corrected chi connectivity index (χ4v) is 3.01. The van der Waals surface area contributed by atoms with E-state index in [9.17, 15) is 4.79 Å². The summed E-state index contributed by atoms with van der Waals surface area (Å²) in [6.45, 7) is 0. The Balaban J connectivity index is 2.51. The van der Waals surface area contributed by atoms with Gasteiger partial charge in [0.25, 0.3) is 0 Å². The number of fused-ring (bicyclic) bond motifs is 2. The second-order valence-corrected chi connectivity index (χ2v) is 4.97. The van der Waals surface area contributed by atoms with Crippen LogP contribution in [0.25, 0.3) is 20.2 Å². The van der Waals surface area contributed by atoms with Crippen LogP contribution in [0.2, 0.25) is 0 Å². The van der Waals surface area contributed by atoms with Gasteiger partial charge in [0.1, 0.15) is 0 Å². The zero-order chi connectivity index (χ0) is 11.8. The summed E-state index contributed by atoms with van der Waals surface area (Å²) in [7, 11) is 1.86. The van der Waals surface area contributed by atoms with Gasteiger partial charge in [0.15, 0.2) is 5.43 Å². The van der Waals surface area contributed by atoms with Crippen LogP contribution in [0, 0.1) is 0 Å². The third-order valence-corrected chi connectivity index (χ3v) is 4.02. The summed E-state index contributed by atoms with van der Waals surface area (Å²) >= 11 is 1.66. The second-order valence-electron chi connectivity index (χ2n) is 3.89. The second kappa shape index (κ2) is 3.86. The monoisotopic (exact) mass is 241 g/mol. The van der Waals surface area contributed by atoms with Crippen LogP contribution in [0.5, 0.6) is 0 Å². The van der Waals surface area contributed by atoms with Gasteiger partial charge in [0.05, 0.1) is 0 Å². The molecule has 0 unspecified atom stereocenters. The molecule has 0 aliphatic rings. The van der Waals surface area contributed by atoms with Crippen LogP contribution in [-0.4, -0.2) is 7.05 Å². The molecule has 0 saturated heterocycles. The Morgan fingerprint density at radius 2 is 1.76 bits per heavy atom. The van der Waals surface area contributed by atoms with Crippen molar-refractivity contribution in [2.45, 2.75) is 0 Å². The van der Waals surface area contributed by atoms with E-state index in [4.69, 9.17) is 0 Å². The zero-order valence-electron chi connectivity index (χ0n) is 9.36. The molecule has 2 aromatic carbocycles. The van der Waals surface area contributed by atoms with Crippen molar-refractivity contribution in [1.82, 2.24) is 0 Å². The molecule has 0 spiro atoms. The molecule has 1 N–H and O–H groups in total. The van der Waals surface area contributed by atoms with Crippen LogP contribution in [0.4, 0.5) is 5.69 Å². The van der Waals surface area contributed by atoms with Gasteiger partial charge in [-0.2, -0.15) is 0 Å². The van der Waals surface area contributed by atoms with E-state index in [1.807, 2.05) is 49.5 Å². The van der Waals surface area contributed by atoms with Crippen molar-refractivity contribution in [3.05, 3.63) is 52.7 Å². The van der Waals surface area contributed by atoms with Crippen molar-refractivity contribution in [1.29, 1.82) is 0 Å². The average molecular weight is 241 g/mol.